The van der Waals surface area contributed by atoms with Gasteiger partial charge in [-0.3, -0.25) is 0 Å². The summed E-state index contributed by atoms with van der Waals surface area (Å²) in [4.78, 5) is 0. The van der Waals surface area contributed by atoms with Crippen LogP contribution in [0.1, 0.15) is 32.6 Å². The highest BCUT2D eigenvalue weighted by molar-refractivity contribution is 4.88. The normalized spacial score (nSPS) is 20.8. The highest BCUT2D eigenvalue weighted by Crippen LogP contribution is 2.30. The molecule has 1 aliphatic rings. The summed E-state index contributed by atoms with van der Waals surface area (Å²) in [6.45, 7) is 7.04. The molecule has 1 saturated carbocycles. The van der Waals surface area contributed by atoms with E-state index in [9.17, 15) is 0 Å². The topological polar surface area (TPSA) is 12.0 Å². The van der Waals surface area contributed by atoms with Gasteiger partial charge in [-0.25, -0.2) is 0 Å². The summed E-state index contributed by atoms with van der Waals surface area (Å²) in [5.41, 5.74) is 0. The molecule has 64 valence electrons. The van der Waals surface area contributed by atoms with Crippen LogP contribution in [0.15, 0.2) is 12.7 Å². The van der Waals surface area contributed by atoms with Crippen LogP contribution in [0.5, 0.6) is 0 Å². The summed E-state index contributed by atoms with van der Waals surface area (Å²) in [5, 5.41) is 3.41. The van der Waals surface area contributed by atoms with Crippen molar-refractivity contribution in [1.29, 1.82) is 0 Å². The largest absolute Gasteiger partial charge is 0.311 e. The summed E-state index contributed by atoms with van der Waals surface area (Å²) in [6.07, 6.45) is 7.67. The molecule has 1 rings (SSSR count). The van der Waals surface area contributed by atoms with E-state index in [-0.39, 0.29) is 0 Å². The molecule has 1 N–H and O–H groups in total. The molecule has 0 spiro atoms. The zero-order valence-corrected chi connectivity index (χ0v) is 7.47. The Hall–Kier alpha value is -0.300. The van der Waals surface area contributed by atoms with Crippen LogP contribution in [-0.2, 0) is 0 Å². The number of rotatable bonds is 5. The third kappa shape index (κ3) is 2.66. The lowest BCUT2D eigenvalue weighted by Crippen LogP contribution is -2.30. The molecule has 0 radical (unpaired) electrons. The molecule has 1 nitrogen and oxygen atoms in total. The zero-order chi connectivity index (χ0) is 8.10. The van der Waals surface area contributed by atoms with Crippen LogP contribution in [0.2, 0.25) is 0 Å². The van der Waals surface area contributed by atoms with E-state index < -0.39 is 0 Å². The van der Waals surface area contributed by atoms with E-state index in [1.54, 1.807) is 0 Å². The fraction of sp³-hybridized carbons (Fsp3) is 0.800. The van der Waals surface area contributed by atoms with Gasteiger partial charge in [0.25, 0.3) is 0 Å². The lowest BCUT2D eigenvalue weighted by atomic mass is 9.81. The summed E-state index contributed by atoms with van der Waals surface area (Å²) in [5.74, 6) is 0.983. The SMILES string of the molecule is C=CC(CC1CCC1)NCC. The van der Waals surface area contributed by atoms with Crippen molar-refractivity contribution >= 4 is 0 Å². The molecule has 0 aliphatic heterocycles. The fourth-order valence-electron chi connectivity index (χ4n) is 1.61. The van der Waals surface area contributed by atoms with Crippen LogP contribution < -0.4 is 5.32 Å². The Bertz CT molecular complexity index is 116. The smallest absolute Gasteiger partial charge is 0.0249 e. The van der Waals surface area contributed by atoms with E-state index in [0.29, 0.717) is 6.04 Å². The van der Waals surface area contributed by atoms with Crippen molar-refractivity contribution in [3.8, 4) is 0 Å². The first-order valence-corrected chi connectivity index (χ1v) is 4.72. The van der Waals surface area contributed by atoms with Gasteiger partial charge in [-0.15, -0.1) is 6.58 Å². The van der Waals surface area contributed by atoms with Gasteiger partial charge in [-0.1, -0.05) is 32.3 Å². The van der Waals surface area contributed by atoms with E-state index in [1.807, 2.05) is 6.08 Å². The number of likely N-dealkylation sites (N-methyl/N-ethyl adjacent to an activating group) is 1. The van der Waals surface area contributed by atoms with Crippen LogP contribution in [-0.4, -0.2) is 12.6 Å². The molecule has 0 saturated heterocycles. The summed E-state index contributed by atoms with van der Waals surface area (Å²) in [7, 11) is 0. The molecule has 11 heavy (non-hydrogen) atoms. The minimum atomic E-state index is 0.560. The number of hydrogen-bond donors (Lipinski definition) is 1. The second-order valence-electron chi connectivity index (χ2n) is 3.43. The van der Waals surface area contributed by atoms with E-state index >= 15 is 0 Å². The second-order valence-corrected chi connectivity index (χ2v) is 3.43. The third-order valence-electron chi connectivity index (χ3n) is 2.56. The van der Waals surface area contributed by atoms with Crippen LogP contribution in [0, 0.1) is 5.92 Å². The highest BCUT2D eigenvalue weighted by atomic mass is 14.9. The minimum absolute atomic E-state index is 0.560. The maximum absolute atomic E-state index is 3.83. The summed E-state index contributed by atoms with van der Waals surface area (Å²) >= 11 is 0. The Morgan fingerprint density at radius 2 is 2.36 bits per heavy atom. The van der Waals surface area contributed by atoms with Gasteiger partial charge in [-0.05, 0) is 18.9 Å². The lowest BCUT2D eigenvalue weighted by Gasteiger charge is -2.28. The summed E-state index contributed by atoms with van der Waals surface area (Å²) < 4.78 is 0. The van der Waals surface area contributed by atoms with Gasteiger partial charge in [0.1, 0.15) is 0 Å². The molecule has 1 atom stereocenters. The Morgan fingerprint density at radius 1 is 1.64 bits per heavy atom. The van der Waals surface area contributed by atoms with Crippen LogP contribution >= 0.6 is 0 Å². The van der Waals surface area contributed by atoms with Crippen LogP contribution in [0.3, 0.4) is 0 Å². The van der Waals surface area contributed by atoms with Crippen LogP contribution in [0.4, 0.5) is 0 Å². The molecule has 1 aliphatic carbocycles. The predicted octanol–water partition coefficient (Wildman–Crippen LogP) is 2.34. The monoisotopic (exact) mass is 153 g/mol. The van der Waals surface area contributed by atoms with E-state index in [1.165, 1.54) is 25.7 Å². The molecule has 1 fully saturated rings. The van der Waals surface area contributed by atoms with Gasteiger partial charge < -0.3 is 5.32 Å². The predicted molar refractivity (Wildman–Crippen MR) is 49.6 cm³/mol. The lowest BCUT2D eigenvalue weighted by molar-refractivity contribution is 0.276. The van der Waals surface area contributed by atoms with Gasteiger partial charge in [0.15, 0.2) is 0 Å². The van der Waals surface area contributed by atoms with Crippen LogP contribution in [0.25, 0.3) is 0 Å². The molecule has 1 heteroatoms. The first-order chi connectivity index (χ1) is 5.36. The molecule has 0 aromatic heterocycles. The minimum Gasteiger partial charge on any atom is -0.311 e. The number of hydrogen-bond acceptors (Lipinski definition) is 1. The van der Waals surface area contributed by atoms with E-state index in [0.717, 1.165) is 12.5 Å². The van der Waals surface area contributed by atoms with E-state index in [4.69, 9.17) is 0 Å². The molecule has 0 amide bonds. The fourth-order valence-corrected chi connectivity index (χ4v) is 1.61. The second kappa shape index (κ2) is 4.55. The maximum Gasteiger partial charge on any atom is 0.0249 e. The quantitative estimate of drug-likeness (QED) is 0.598. The average molecular weight is 153 g/mol. The first-order valence-electron chi connectivity index (χ1n) is 4.72. The van der Waals surface area contributed by atoms with Crippen molar-refractivity contribution in [3.05, 3.63) is 12.7 Å². The van der Waals surface area contributed by atoms with Gasteiger partial charge in [0.2, 0.25) is 0 Å². The van der Waals surface area contributed by atoms with Crippen molar-refractivity contribution in [1.82, 2.24) is 5.32 Å². The molecule has 0 heterocycles. The maximum atomic E-state index is 3.83. The molecule has 0 bridgehead atoms. The van der Waals surface area contributed by atoms with Crippen molar-refractivity contribution in [2.45, 2.75) is 38.6 Å². The Labute approximate surface area is 69.9 Å². The van der Waals surface area contributed by atoms with Gasteiger partial charge >= 0.3 is 0 Å². The molecule has 1 unspecified atom stereocenters. The Balaban J connectivity index is 2.13. The summed E-state index contributed by atoms with van der Waals surface area (Å²) in [6, 6.07) is 0.560. The Kier molecular flexibility index (Phi) is 3.64. The van der Waals surface area contributed by atoms with Gasteiger partial charge in [-0.2, -0.15) is 0 Å². The third-order valence-corrected chi connectivity index (χ3v) is 2.56. The van der Waals surface area contributed by atoms with Crippen molar-refractivity contribution in [2.75, 3.05) is 6.54 Å². The molecule has 0 aromatic rings. The van der Waals surface area contributed by atoms with Crippen molar-refractivity contribution in [2.24, 2.45) is 5.92 Å². The van der Waals surface area contributed by atoms with Crippen molar-refractivity contribution < 1.29 is 0 Å². The zero-order valence-electron chi connectivity index (χ0n) is 7.47. The first kappa shape index (κ1) is 8.79. The highest BCUT2D eigenvalue weighted by Gasteiger charge is 2.19. The van der Waals surface area contributed by atoms with Gasteiger partial charge in [0, 0.05) is 6.04 Å². The van der Waals surface area contributed by atoms with E-state index in [2.05, 4.69) is 18.8 Å². The Morgan fingerprint density at radius 3 is 2.73 bits per heavy atom. The molecular formula is C10H19N. The number of nitrogens with one attached hydrogen (secondary N) is 1. The van der Waals surface area contributed by atoms with Crippen molar-refractivity contribution in [3.63, 3.8) is 0 Å². The standard InChI is InChI=1S/C10H19N/c1-3-10(11-4-2)8-9-6-5-7-9/h3,9-11H,1,4-8H2,2H3. The average Bonchev–Trinajstić information content (AvgIpc) is 1.94. The molecule has 0 aromatic carbocycles. The molecular weight excluding hydrogens is 134 g/mol. The van der Waals surface area contributed by atoms with Gasteiger partial charge in [0.05, 0.1) is 0 Å².